The molecule has 2 heterocycles. The Morgan fingerprint density at radius 3 is 2.83 bits per heavy atom. The third kappa shape index (κ3) is 2.28. The van der Waals surface area contributed by atoms with Gasteiger partial charge in [0, 0.05) is 12.4 Å². The molecule has 3 amide bonds. The second kappa shape index (κ2) is 5.74. The lowest BCUT2D eigenvalue weighted by Crippen LogP contribution is -2.44. The van der Waals surface area contributed by atoms with Crippen LogP contribution in [0, 0.1) is 0 Å². The third-order valence-electron chi connectivity index (χ3n) is 4.96. The number of rotatable bonds is 2. The number of aromatic nitrogens is 1. The van der Waals surface area contributed by atoms with E-state index in [1.54, 1.807) is 12.4 Å². The Labute approximate surface area is 140 Å². The number of urea groups is 1. The average molecular weight is 321 g/mol. The van der Waals surface area contributed by atoms with Gasteiger partial charge in [0.1, 0.15) is 5.54 Å². The molecule has 1 aliphatic carbocycles. The molecule has 5 heteroatoms. The quantitative estimate of drug-likeness (QED) is 0.865. The molecule has 0 bridgehead atoms. The summed E-state index contributed by atoms with van der Waals surface area (Å²) in [5.74, 6) is -0.147. The van der Waals surface area contributed by atoms with Gasteiger partial charge in [-0.2, -0.15) is 0 Å². The van der Waals surface area contributed by atoms with Crippen molar-refractivity contribution in [2.45, 2.75) is 37.8 Å². The zero-order chi connectivity index (χ0) is 16.6. The van der Waals surface area contributed by atoms with Crippen LogP contribution in [0.2, 0.25) is 0 Å². The lowest BCUT2D eigenvalue weighted by Gasteiger charge is -2.27. The van der Waals surface area contributed by atoms with Gasteiger partial charge in [-0.05, 0) is 48.4 Å². The molecule has 1 saturated heterocycles. The highest BCUT2D eigenvalue weighted by Gasteiger charge is 2.53. The van der Waals surface area contributed by atoms with Gasteiger partial charge in [0.05, 0.1) is 6.54 Å². The topological polar surface area (TPSA) is 62.3 Å². The van der Waals surface area contributed by atoms with E-state index in [0.717, 1.165) is 36.0 Å². The molecular formula is C19H19N3O2. The Kier molecular flexibility index (Phi) is 3.56. The zero-order valence-corrected chi connectivity index (χ0v) is 13.4. The summed E-state index contributed by atoms with van der Waals surface area (Å²) in [6.07, 6.45) is 6.92. The molecule has 4 rings (SSSR count). The lowest BCUT2D eigenvalue weighted by molar-refractivity contribution is -0.132. The van der Waals surface area contributed by atoms with Gasteiger partial charge in [0.2, 0.25) is 0 Å². The minimum absolute atomic E-state index is 0.147. The SMILES string of the molecule is O=C1NC2(CCCCc3ccccc32)C(=O)N1Cc1cccnc1. The first kappa shape index (κ1) is 14.9. The van der Waals surface area contributed by atoms with Gasteiger partial charge in [-0.15, -0.1) is 0 Å². The summed E-state index contributed by atoms with van der Waals surface area (Å²) in [5.41, 5.74) is 2.05. The molecule has 1 fully saturated rings. The fourth-order valence-corrected chi connectivity index (χ4v) is 3.79. The van der Waals surface area contributed by atoms with E-state index in [9.17, 15) is 9.59 Å². The number of hydrogen-bond donors (Lipinski definition) is 1. The van der Waals surface area contributed by atoms with Gasteiger partial charge >= 0.3 is 6.03 Å². The molecule has 1 unspecified atom stereocenters. The molecule has 1 aromatic carbocycles. The summed E-state index contributed by atoms with van der Waals surface area (Å²) in [4.78, 5) is 31.2. The summed E-state index contributed by atoms with van der Waals surface area (Å²) in [5, 5.41) is 3.00. The van der Waals surface area contributed by atoms with Crippen LogP contribution in [0.1, 0.15) is 36.0 Å². The molecule has 5 nitrogen and oxygen atoms in total. The van der Waals surface area contributed by atoms with Crippen molar-refractivity contribution in [1.82, 2.24) is 15.2 Å². The van der Waals surface area contributed by atoms with Gasteiger partial charge in [0.15, 0.2) is 0 Å². The number of pyridine rings is 1. The first-order valence-electron chi connectivity index (χ1n) is 8.32. The van der Waals surface area contributed by atoms with Crippen molar-refractivity contribution >= 4 is 11.9 Å². The highest BCUT2D eigenvalue weighted by atomic mass is 16.2. The maximum Gasteiger partial charge on any atom is 0.325 e. The summed E-state index contributed by atoms with van der Waals surface area (Å²) >= 11 is 0. The Morgan fingerprint density at radius 1 is 1.12 bits per heavy atom. The van der Waals surface area contributed by atoms with E-state index < -0.39 is 5.54 Å². The summed E-state index contributed by atoms with van der Waals surface area (Å²) in [6.45, 7) is 0.252. The fourth-order valence-electron chi connectivity index (χ4n) is 3.79. The van der Waals surface area contributed by atoms with Crippen LogP contribution in [0.15, 0.2) is 48.8 Å². The lowest BCUT2D eigenvalue weighted by atomic mass is 9.84. The number of carbonyl (C=O) groups excluding carboxylic acids is 2. The number of hydrogen-bond acceptors (Lipinski definition) is 3. The molecule has 1 N–H and O–H groups in total. The molecule has 24 heavy (non-hydrogen) atoms. The Balaban J connectivity index is 1.72. The molecule has 2 aromatic rings. The summed E-state index contributed by atoms with van der Waals surface area (Å²) in [7, 11) is 0. The van der Waals surface area contributed by atoms with Crippen molar-refractivity contribution in [1.29, 1.82) is 0 Å². The van der Waals surface area contributed by atoms with E-state index in [1.807, 2.05) is 30.3 Å². The van der Waals surface area contributed by atoms with E-state index in [4.69, 9.17) is 0 Å². The van der Waals surface area contributed by atoms with Crippen LogP contribution in [0.25, 0.3) is 0 Å². The standard InChI is InChI=1S/C19H19N3O2/c23-17-19(10-4-3-8-15-7-1-2-9-16(15)19)21-18(24)22(17)13-14-6-5-11-20-12-14/h1-2,5-7,9,11-12H,3-4,8,10,13H2,(H,21,24). The van der Waals surface area contributed by atoms with Gasteiger partial charge < -0.3 is 5.32 Å². The van der Waals surface area contributed by atoms with Crippen LogP contribution in [0.3, 0.4) is 0 Å². The highest BCUT2D eigenvalue weighted by molar-refractivity contribution is 6.07. The smallest absolute Gasteiger partial charge is 0.319 e. The predicted octanol–water partition coefficient (Wildman–Crippen LogP) is 2.76. The molecule has 1 aromatic heterocycles. The third-order valence-corrected chi connectivity index (χ3v) is 4.96. The van der Waals surface area contributed by atoms with Crippen LogP contribution in [-0.4, -0.2) is 21.8 Å². The van der Waals surface area contributed by atoms with Crippen molar-refractivity contribution in [3.8, 4) is 0 Å². The second-order valence-corrected chi connectivity index (χ2v) is 6.45. The maximum absolute atomic E-state index is 13.2. The van der Waals surface area contributed by atoms with Crippen molar-refractivity contribution in [3.05, 3.63) is 65.5 Å². The molecule has 2 aliphatic rings. The Morgan fingerprint density at radius 2 is 2.00 bits per heavy atom. The highest BCUT2D eigenvalue weighted by Crippen LogP contribution is 2.39. The van der Waals surface area contributed by atoms with Gasteiger partial charge in [-0.1, -0.05) is 30.3 Å². The molecule has 0 saturated carbocycles. The van der Waals surface area contributed by atoms with Crippen LogP contribution in [-0.2, 0) is 23.3 Å². The second-order valence-electron chi connectivity index (χ2n) is 6.45. The predicted molar refractivity (Wildman–Crippen MR) is 89.0 cm³/mol. The van der Waals surface area contributed by atoms with E-state index in [0.29, 0.717) is 6.42 Å². The molecule has 1 spiro atoms. The van der Waals surface area contributed by atoms with Crippen molar-refractivity contribution in [3.63, 3.8) is 0 Å². The van der Waals surface area contributed by atoms with Crippen LogP contribution in [0.4, 0.5) is 4.79 Å². The van der Waals surface area contributed by atoms with Crippen LogP contribution >= 0.6 is 0 Å². The molecule has 1 aliphatic heterocycles. The number of nitrogens with zero attached hydrogens (tertiary/aromatic N) is 2. The van der Waals surface area contributed by atoms with Gasteiger partial charge in [0.25, 0.3) is 5.91 Å². The molecule has 1 atom stereocenters. The van der Waals surface area contributed by atoms with E-state index in [1.165, 1.54) is 4.90 Å². The fraction of sp³-hybridized carbons (Fsp3) is 0.316. The van der Waals surface area contributed by atoms with Gasteiger partial charge in [-0.25, -0.2) is 4.79 Å². The average Bonchev–Trinajstić information content (AvgIpc) is 2.76. The number of nitrogens with one attached hydrogen (secondary N) is 1. The molecule has 122 valence electrons. The Bertz CT molecular complexity index is 790. The van der Waals surface area contributed by atoms with E-state index in [-0.39, 0.29) is 18.5 Å². The molecular weight excluding hydrogens is 302 g/mol. The Hall–Kier alpha value is -2.69. The minimum Gasteiger partial charge on any atom is -0.319 e. The first-order chi connectivity index (χ1) is 11.7. The molecule has 0 radical (unpaired) electrons. The first-order valence-corrected chi connectivity index (χ1v) is 8.32. The zero-order valence-electron chi connectivity index (χ0n) is 13.4. The van der Waals surface area contributed by atoms with Crippen molar-refractivity contribution in [2.24, 2.45) is 0 Å². The van der Waals surface area contributed by atoms with Crippen molar-refractivity contribution in [2.75, 3.05) is 0 Å². The minimum atomic E-state index is -0.910. The summed E-state index contributed by atoms with van der Waals surface area (Å²) < 4.78 is 0. The van der Waals surface area contributed by atoms with Gasteiger partial charge in [-0.3, -0.25) is 14.7 Å². The number of fused-ring (bicyclic) bond motifs is 2. The van der Waals surface area contributed by atoms with E-state index in [2.05, 4.69) is 16.4 Å². The van der Waals surface area contributed by atoms with Crippen LogP contribution in [0.5, 0.6) is 0 Å². The number of benzene rings is 1. The maximum atomic E-state index is 13.2. The number of aryl methyl sites for hydroxylation is 1. The monoisotopic (exact) mass is 321 g/mol. The van der Waals surface area contributed by atoms with Crippen LogP contribution < -0.4 is 5.32 Å². The number of imide groups is 1. The summed E-state index contributed by atoms with van der Waals surface area (Å²) in [6, 6.07) is 11.3. The number of carbonyl (C=O) groups is 2. The largest absolute Gasteiger partial charge is 0.325 e. The normalized spacial score (nSPS) is 23.1. The number of amides is 3. The van der Waals surface area contributed by atoms with E-state index >= 15 is 0 Å². The van der Waals surface area contributed by atoms with Crippen molar-refractivity contribution < 1.29 is 9.59 Å².